The van der Waals surface area contributed by atoms with Crippen LogP contribution in [0.4, 0.5) is 5.13 Å². The number of methoxy groups -OCH3 is 1. The summed E-state index contributed by atoms with van der Waals surface area (Å²) in [4.78, 5) is 20.0. The number of benzene rings is 3. The van der Waals surface area contributed by atoms with E-state index in [1.807, 2.05) is 78.2 Å². The van der Waals surface area contributed by atoms with E-state index in [9.17, 15) is 4.79 Å². The maximum Gasteiger partial charge on any atom is 0.260 e. The van der Waals surface area contributed by atoms with Crippen molar-refractivity contribution in [1.82, 2.24) is 4.98 Å². The number of anilines is 1. The monoisotopic (exact) mass is 428 g/mol. The molecule has 0 saturated heterocycles. The van der Waals surface area contributed by atoms with Crippen LogP contribution in [0.15, 0.2) is 90.3 Å². The standard InChI is InChI=1S/C26H24N2O2S/c1-30-18-21-12-14-23(15-13-21)25(29)28(17-16-20-8-4-2-5-9-20)26-27-24(19-31-26)22-10-6-3-7-11-22/h2-15,19H,16-18H2,1H3. The van der Waals surface area contributed by atoms with E-state index in [1.165, 1.54) is 16.9 Å². The molecule has 0 atom stereocenters. The van der Waals surface area contributed by atoms with Crippen molar-refractivity contribution in [2.75, 3.05) is 18.6 Å². The van der Waals surface area contributed by atoms with E-state index in [2.05, 4.69) is 12.1 Å². The van der Waals surface area contributed by atoms with Gasteiger partial charge in [0.05, 0.1) is 12.3 Å². The third kappa shape index (κ3) is 5.26. The molecule has 1 aromatic heterocycles. The van der Waals surface area contributed by atoms with Gasteiger partial charge in [-0.1, -0.05) is 72.8 Å². The van der Waals surface area contributed by atoms with Crippen molar-refractivity contribution in [3.63, 3.8) is 0 Å². The molecule has 0 bridgehead atoms. The van der Waals surface area contributed by atoms with Crippen LogP contribution in [0.1, 0.15) is 21.5 Å². The Balaban J connectivity index is 1.61. The summed E-state index contributed by atoms with van der Waals surface area (Å²) in [6, 6.07) is 27.8. The number of thiazole rings is 1. The van der Waals surface area contributed by atoms with Gasteiger partial charge in [-0.2, -0.15) is 0 Å². The number of hydrogen-bond acceptors (Lipinski definition) is 4. The first-order chi connectivity index (χ1) is 15.2. The zero-order chi connectivity index (χ0) is 21.5. The van der Waals surface area contributed by atoms with Gasteiger partial charge in [0, 0.05) is 30.2 Å². The molecule has 0 aliphatic heterocycles. The van der Waals surface area contributed by atoms with Crippen LogP contribution in [0.2, 0.25) is 0 Å². The van der Waals surface area contributed by atoms with Crippen molar-refractivity contribution in [1.29, 1.82) is 0 Å². The quantitative estimate of drug-likeness (QED) is 0.354. The van der Waals surface area contributed by atoms with Gasteiger partial charge in [-0.25, -0.2) is 4.98 Å². The van der Waals surface area contributed by atoms with Gasteiger partial charge in [0.25, 0.3) is 5.91 Å². The molecule has 0 fully saturated rings. The lowest BCUT2D eigenvalue weighted by Crippen LogP contribution is -2.33. The second-order valence-corrected chi connectivity index (χ2v) is 8.04. The van der Waals surface area contributed by atoms with Crippen molar-refractivity contribution < 1.29 is 9.53 Å². The van der Waals surface area contributed by atoms with Gasteiger partial charge in [0.15, 0.2) is 5.13 Å². The highest BCUT2D eigenvalue weighted by Gasteiger charge is 2.21. The average molecular weight is 429 g/mol. The van der Waals surface area contributed by atoms with Gasteiger partial charge in [-0.05, 0) is 29.7 Å². The van der Waals surface area contributed by atoms with E-state index in [1.54, 1.807) is 12.0 Å². The highest BCUT2D eigenvalue weighted by atomic mass is 32.1. The Hall–Kier alpha value is -3.28. The molecule has 1 amide bonds. The first-order valence-corrected chi connectivity index (χ1v) is 11.1. The van der Waals surface area contributed by atoms with Crippen molar-refractivity contribution in [2.24, 2.45) is 0 Å². The minimum absolute atomic E-state index is 0.0474. The Morgan fingerprint density at radius 3 is 2.26 bits per heavy atom. The third-order valence-corrected chi connectivity index (χ3v) is 5.88. The van der Waals surface area contributed by atoms with Gasteiger partial charge in [-0.3, -0.25) is 9.69 Å². The first-order valence-electron chi connectivity index (χ1n) is 10.2. The first kappa shape index (κ1) is 21.0. The smallest absolute Gasteiger partial charge is 0.260 e. The Kier molecular flexibility index (Phi) is 6.87. The lowest BCUT2D eigenvalue weighted by atomic mass is 10.1. The predicted molar refractivity (Wildman–Crippen MR) is 127 cm³/mol. The van der Waals surface area contributed by atoms with Crippen LogP contribution in [-0.2, 0) is 17.8 Å². The summed E-state index contributed by atoms with van der Waals surface area (Å²) in [5.41, 5.74) is 4.80. The zero-order valence-corrected chi connectivity index (χ0v) is 18.2. The number of carbonyl (C=O) groups excluding carboxylic acids is 1. The van der Waals surface area contributed by atoms with Crippen LogP contribution >= 0.6 is 11.3 Å². The summed E-state index contributed by atoms with van der Waals surface area (Å²) < 4.78 is 5.17. The Bertz CT molecular complexity index is 1110. The minimum atomic E-state index is -0.0474. The Labute approximate surface area is 186 Å². The van der Waals surface area contributed by atoms with Gasteiger partial charge in [-0.15, -0.1) is 11.3 Å². The van der Waals surface area contributed by atoms with Crippen LogP contribution in [0.25, 0.3) is 11.3 Å². The molecule has 4 nitrogen and oxygen atoms in total. The molecule has 31 heavy (non-hydrogen) atoms. The molecule has 156 valence electrons. The predicted octanol–water partition coefficient (Wildman–Crippen LogP) is 5.85. The fourth-order valence-electron chi connectivity index (χ4n) is 3.37. The largest absolute Gasteiger partial charge is 0.380 e. The molecule has 4 rings (SSSR count). The summed E-state index contributed by atoms with van der Waals surface area (Å²) in [5.74, 6) is -0.0474. The third-order valence-electron chi connectivity index (χ3n) is 5.02. The fraction of sp³-hybridized carbons (Fsp3) is 0.154. The molecule has 0 saturated carbocycles. The fourth-order valence-corrected chi connectivity index (χ4v) is 4.22. The highest BCUT2D eigenvalue weighted by Crippen LogP contribution is 2.28. The van der Waals surface area contributed by atoms with Crippen molar-refractivity contribution >= 4 is 22.4 Å². The van der Waals surface area contributed by atoms with E-state index in [0.717, 1.165) is 23.2 Å². The Morgan fingerprint density at radius 2 is 1.58 bits per heavy atom. The topological polar surface area (TPSA) is 42.4 Å². The molecule has 0 N–H and O–H groups in total. The number of ether oxygens (including phenoxy) is 1. The average Bonchev–Trinajstić information content (AvgIpc) is 3.31. The maximum absolute atomic E-state index is 13.4. The van der Waals surface area contributed by atoms with Crippen LogP contribution in [0, 0.1) is 0 Å². The molecular formula is C26H24N2O2S. The normalized spacial score (nSPS) is 10.7. The summed E-state index contributed by atoms with van der Waals surface area (Å²) >= 11 is 1.50. The van der Waals surface area contributed by atoms with E-state index in [4.69, 9.17) is 9.72 Å². The molecular weight excluding hydrogens is 404 g/mol. The number of hydrogen-bond donors (Lipinski definition) is 0. The lowest BCUT2D eigenvalue weighted by Gasteiger charge is -2.20. The van der Waals surface area contributed by atoms with Gasteiger partial charge < -0.3 is 4.74 Å². The minimum Gasteiger partial charge on any atom is -0.380 e. The van der Waals surface area contributed by atoms with Crippen LogP contribution in [0.5, 0.6) is 0 Å². The second-order valence-electron chi connectivity index (χ2n) is 7.20. The molecule has 0 radical (unpaired) electrons. The molecule has 4 aromatic rings. The summed E-state index contributed by atoms with van der Waals surface area (Å²) in [6.07, 6.45) is 0.759. The lowest BCUT2D eigenvalue weighted by molar-refractivity contribution is 0.0987. The molecule has 0 aliphatic rings. The van der Waals surface area contributed by atoms with Crippen molar-refractivity contribution in [3.05, 3.63) is 107 Å². The van der Waals surface area contributed by atoms with E-state index >= 15 is 0 Å². The van der Waals surface area contributed by atoms with Gasteiger partial charge in [0.2, 0.25) is 0 Å². The molecule has 5 heteroatoms. The van der Waals surface area contributed by atoms with Gasteiger partial charge in [0.1, 0.15) is 0 Å². The molecule has 0 spiro atoms. The molecule has 3 aromatic carbocycles. The summed E-state index contributed by atoms with van der Waals surface area (Å²) in [7, 11) is 1.66. The number of carbonyl (C=O) groups is 1. The van der Waals surface area contributed by atoms with Crippen molar-refractivity contribution in [3.8, 4) is 11.3 Å². The van der Waals surface area contributed by atoms with Crippen LogP contribution < -0.4 is 4.90 Å². The van der Waals surface area contributed by atoms with Crippen LogP contribution in [0.3, 0.4) is 0 Å². The second kappa shape index (κ2) is 10.2. The van der Waals surface area contributed by atoms with Crippen LogP contribution in [-0.4, -0.2) is 24.5 Å². The Morgan fingerprint density at radius 1 is 0.903 bits per heavy atom. The number of aromatic nitrogens is 1. The highest BCUT2D eigenvalue weighted by molar-refractivity contribution is 7.14. The SMILES string of the molecule is COCc1ccc(C(=O)N(CCc2ccccc2)c2nc(-c3ccccc3)cs2)cc1. The van der Waals surface area contributed by atoms with Crippen molar-refractivity contribution in [2.45, 2.75) is 13.0 Å². The number of rotatable bonds is 8. The molecule has 0 aliphatic carbocycles. The maximum atomic E-state index is 13.4. The van der Waals surface area contributed by atoms with E-state index in [0.29, 0.717) is 23.8 Å². The number of nitrogens with zero attached hydrogens (tertiary/aromatic N) is 2. The number of amides is 1. The van der Waals surface area contributed by atoms with E-state index < -0.39 is 0 Å². The van der Waals surface area contributed by atoms with Gasteiger partial charge >= 0.3 is 0 Å². The molecule has 0 unspecified atom stereocenters. The zero-order valence-electron chi connectivity index (χ0n) is 17.4. The summed E-state index contributed by atoms with van der Waals surface area (Å²) in [5, 5.41) is 2.72. The summed E-state index contributed by atoms with van der Waals surface area (Å²) in [6.45, 7) is 1.09. The molecule has 1 heterocycles. The van der Waals surface area contributed by atoms with E-state index in [-0.39, 0.29) is 5.91 Å².